The normalized spacial score (nSPS) is 10.6. The SMILES string of the molecule is CCOc1ccc(C=NN)cc1B(O)O. The van der Waals surface area contributed by atoms with E-state index >= 15 is 0 Å². The largest absolute Gasteiger partial charge is 0.494 e. The number of benzene rings is 1. The lowest BCUT2D eigenvalue weighted by Crippen LogP contribution is -2.31. The molecule has 0 saturated carbocycles. The quantitative estimate of drug-likeness (QED) is 0.258. The van der Waals surface area contributed by atoms with Gasteiger partial charge in [0.15, 0.2) is 0 Å². The predicted molar refractivity (Wildman–Crippen MR) is 59.2 cm³/mol. The third kappa shape index (κ3) is 2.97. The maximum atomic E-state index is 9.12. The van der Waals surface area contributed by atoms with Crippen molar-refractivity contribution in [3.63, 3.8) is 0 Å². The van der Waals surface area contributed by atoms with Crippen LogP contribution < -0.4 is 16.0 Å². The zero-order valence-corrected chi connectivity index (χ0v) is 8.42. The summed E-state index contributed by atoms with van der Waals surface area (Å²) in [5, 5.41) is 21.6. The molecule has 0 spiro atoms. The third-order valence-electron chi connectivity index (χ3n) is 1.84. The minimum Gasteiger partial charge on any atom is -0.494 e. The van der Waals surface area contributed by atoms with Gasteiger partial charge in [-0.2, -0.15) is 5.10 Å². The Bertz CT molecular complexity index is 355. The maximum absolute atomic E-state index is 9.12. The van der Waals surface area contributed by atoms with Gasteiger partial charge in [-0.15, -0.1) is 0 Å². The van der Waals surface area contributed by atoms with Crippen molar-refractivity contribution < 1.29 is 14.8 Å². The van der Waals surface area contributed by atoms with Crippen molar-refractivity contribution in [3.8, 4) is 5.75 Å². The van der Waals surface area contributed by atoms with Crippen molar-refractivity contribution in [1.29, 1.82) is 0 Å². The van der Waals surface area contributed by atoms with Gasteiger partial charge in [0.2, 0.25) is 0 Å². The van der Waals surface area contributed by atoms with Crippen LogP contribution in [0, 0.1) is 0 Å². The lowest BCUT2D eigenvalue weighted by Gasteiger charge is -2.09. The van der Waals surface area contributed by atoms with Gasteiger partial charge in [-0.05, 0) is 30.7 Å². The van der Waals surface area contributed by atoms with Crippen LogP contribution in [0.25, 0.3) is 0 Å². The Morgan fingerprint density at radius 2 is 2.27 bits per heavy atom. The van der Waals surface area contributed by atoms with E-state index in [1.807, 2.05) is 6.92 Å². The Labute approximate surface area is 88.3 Å². The average molecular weight is 208 g/mol. The Kier molecular flexibility index (Phi) is 4.14. The molecule has 0 aliphatic rings. The average Bonchev–Trinajstić information content (AvgIpc) is 2.21. The monoisotopic (exact) mass is 208 g/mol. The van der Waals surface area contributed by atoms with Gasteiger partial charge in [0, 0.05) is 5.46 Å². The summed E-state index contributed by atoms with van der Waals surface area (Å²) in [6, 6.07) is 4.94. The first kappa shape index (κ1) is 11.5. The molecule has 0 fully saturated rings. The number of hydrazone groups is 1. The highest BCUT2D eigenvalue weighted by molar-refractivity contribution is 6.59. The molecule has 0 aromatic heterocycles. The molecule has 1 rings (SSSR count). The number of ether oxygens (including phenoxy) is 1. The molecule has 15 heavy (non-hydrogen) atoms. The highest BCUT2D eigenvalue weighted by Crippen LogP contribution is 2.09. The topological polar surface area (TPSA) is 88.1 Å². The fraction of sp³-hybridized carbons (Fsp3) is 0.222. The number of nitrogens with zero attached hydrogens (tertiary/aromatic N) is 1. The third-order valence-corrected chi connectivity index (χ3v) is 1.84. The van der Waals surface area contributed by atoms with Crippen molar-refractivity contribution >= 4 is 18.8 Å². The fourth-order valence-corrected chi connectivity index (χ4v) is 1.22. The van der Waals surface area contributed by atoms with Crippen LogP contribution in [-0.2, 0) is 0 Å². The molecule has 6 heteroatoms. The van der Waals surface area contributed by atoms with Gasteiger partial charge < -0.3 is 20.6 Å². The second-order valence-corrected chi connectivity index (χ2v) is 2.88. The van der Waals surface area contributed by atoms with E-state index < -0.39 is 7.12 Å². The van der Waals surface area contributed by atoms with Gasteiger partial charge in [-0.3, -0.25) is 0 Å². The van der Waals surface area contributed by atoms with Crippen molar-refractivity contribution in [1.82, 2.24) is 0 Å². The molecule has 0 aliphatic heterocycles. The molecular weight excluding hydrogens is 195 g/mol. The number of hydrogen-bond donors (Lipinski definition) is 3. The molecule has 0 heterocycles. The molecule has 0 aliphatic carbocycles. The van der Waals surface area contributed by atoms with E-state index in [1.54, 1.807) is 18.2 Å². The minimum atomic E-state index is -1.57. The van der Waals surface area contributed by atoms with Gasteiger partial charge in [0.25, 0.3) is 0 Å². The standard InChI is InChI=1S/C9H13BN2O3/c1-2-15-9-4-3-7(6-12-11)5-8(9)10(13)14/h3-6,13-14H,2,11H2,1H3. The molecule has 0 amide bonds. The van der Waals surface area contributed by atoms with Crippen LogP contribution in [0.3, 0.4) is 0 Å². The summed E-state index contributed by atoms with van der Waals surface area (Å²) < 4.78 is 5.24. The number of hydrogen-bond acceptors (Lipinski definition) is 5. The minimum absolute atomic E-state index is 0.300. The molecule has 0 saturated heterocycles. The van der Waals surface area contributed by atoms with Crippen LogP contribution in [-0.4, -0.2) is 30.0 Å². The van der Waals surface area contributed by atoms with Crippen molar-refractivity contribution in [2.75, 3.05) is 6.61 Å². The van der Waals surface area contributed by atoms with Gasteiger partial charge >= 0.3 is 7.12 Å². The fourth-order valence-electron chi connectivity index (χ4n) is 1.22. The van der Waals surface area contributed by atoms with Gasteiger partial charge in [0.05, 0.1) is 12.8 Å². The molecule has 0 atom stereocenters. The molecule has 5 nitrogen and oxygen atoms in total. The summed E-state index contributed by atoms with van der Waals surface area (Å²) in [5.74, 6) is 5.44. The molecular formula is C9H13BN2O3. The summed E-state index contributed by atoms with van der Waals surface area (Å²) in [6.07, 6.45) is 1.42. The lowest BCUT2D eigenvalue weighted by atomic mass is 9.79. The summed E-state index contributed by atoms with van der Waals surface area (Å²) >= 11 is 0. The van der Waals surface area contributed by atoms with E-state index in [2.05, 4.69) is 5.10 Å². The summed E-state index contributed by atoms with van der Waals surface area (Å²) in [5.41, 5.74) is 0.985. The molecule has 1 aromatic rings. The van der Waals surface area contributed by atoms with Crippen LogP contribution in [0.4, 0.5) is 0 Å². The molecule has 0 bridgehead atoms. The highest BCUT2D eigenvalue weighted by atomic mass is 16.5. The van der Waals surface area contributed by atoms with Crippen molar-refractivity contribution in [3.05, 3.63) is 23.8 Å². The van der Waals surface area contributed by atoms with E-state index in [1.165, 1.54) is 6.21 Å². The molecule has 1 aromatic carbocycles. The number of rotatable bonds is 4. The van der Waals surface area contributed by atoms with E-state index in [0.717, 1.165) is 0 Å². The Balaban J connectivity index is 3.08. The summed E-state index contributed by atoms with van der Waals surface area (Å²) in [7, 11) is -1.57. The van der Waals surface area contributed by atoms with Crippen LogP contribution in [0.15, 0.2) is 23.3 Å². The molecule has 4 N–H and O–H groups in total. The predicted octanol–water partition coefficient (Wildman–Crippen LogP) is -0.942. The molecule has 0 radical (unpaired) electrons. The van der Waals surface area contributed by atoms with Crippen LogP contribution in [0.1, 0.15) is 12.5 Å². The van der Waals surface area contributed by atoms with Gasteiger partial charge in [-0.25, -0.2) is 0 Å². The summed E-state index contributed by atoms with van der Waals surface area (Å²) in [4.78, 5) is 0. The molecule has 0 unspecified atom stereocenters. The second kappa shape index (κ2) is 5.38. The first-order chi connectivity index (χ1) is 7.19. The number of nitrogens with two attached hydrogens (primary N) is 1. The zero-order chi connectivity index (χ0) is 11.3. The molecule has 80 valence electrons. The van der Waals surface area contributed by atoms with Crippen LogP contribution >= 0.6 is 0 Å². The van der Waals surface area contributed by atoms with Crippen LogP contribution in [0.5, 0.6) is 5.75 Å². The smallest absolute Gasteiger partial charge is 0.492 e. The Morgan fingerprint density at radius 3 is 2.80 bits per heavy atom. The Hall–Kier alpha value is -1.53. The lowest BCUT2D eigenvalue weighted by molar-refractivity contribution is 0.340. The first-order valence-corrected chi connectivity index (χ1v) is 4.55. The van der Waals surface area contributed by atoms with E-state index in [-0.39, 0.29) is 0 Å². The first-order valence-electron chi connectivity index (χ1n) is 4.55. The van der Waals surface area contributed by atoms with E-state index in [4.69, 9.17) is 20.6 Å². The van der Waals surface area contributed by atoms with Gasteiger partial charge in [-0.1, -0.05) is 0 Å². The summed E-state index contributed by atoms with van der Waals surface area (Å²) in [6.45, 7) is 2.28. The second-order valence-electron chi connectivity index (χ2n) is 2.88. The van der Waals surface area contributed by atoms with E-state index in [9.17, 15) is 0 Å². The van der Waals surface area contributed by atoms with Crippen LogP contribution in [0.2, 0.25) is 0 Å². The van der Waals surface area contributed by atoms with Gasteiger partial charge in [0.1, 0.15) is 5.75 Å². The maximum Gasteiger partial charge on any atom is 0.492 e. The Morgan fingerprint density at radius 1 is 1.53 bits per heavy atom. The zero-order valence-electron chi connectivity index (χ0n) is 8.42. The highest BCUT2D eigenvalue weighted by Gasteiger charge is 2.17. The van der Waals surface area contributed by atoms with E-state index in [0.29, 0.717) is 23.4 Å². The van der Waals surface area contributed by atoms with Crippen molar-refractivity contribution in [2.24, 2.45) is 10.9 Å². The van der Waals surface area contributed by atoms with Crippen molar-refractivity contribution in [2.45, 2.75) is 6.92 Å².